The summed E-state index contributed by atoms with van der Waals surface area (Å²) in [5.74, 6) is 1.43. The smallest absolute Gasteiger partial charge is 0.325 e. The van der Waals surface area contributed by atoms with Crippen molar-refractivity contribution in [3.8, 4) is 11.5 Å². The lowest BCUT2D eigenvalue weighted by Crippen LogP contribution is -2.53. The highest BCUT2D eigenvalue weighted by atomic mass is 16.5. The van der Waals surface area contributed by atoms with E-state index in [9.17, 15) is 9.59 Å². The SMILES string of the molecule is C[C@H]1CCCC[C@@]12NC(=O)N(Cc1ccccc1Oc1ccccc1)C2=O. The predicted molar refractivity (Wildman–Crippen MR) is 102 cm³/mol. The summed E-state index contributed by atoms with van der Waals surface area (Å²) in [7, 11) is 0. The van der Waals surface area contributed by atoms with Gasteiger partial charge in [0, 0.05) is 5.56 Å². The molecule has 140 valence electrons. The molecule has 1 saturated heterocycles. The number of nitrogens with zero attached hydrogens (tertiary/aromatic N) is 1. The molecule has 27 heavy (non-hydrogen) atoms. The van der Waals surface area contributed by atoms with E-state index < -0.39 is 5.54 Å². The monoisotopic (exact) mass is 364 g/mol. The maximum atomic E-state index is 13.2. The van der Waals surface area contributed by atoms with E-state index in [0.29, 0.717) is 5.75 Å². The van der Waals surface area contributed by atoms with E-state index in [0.717, 1.165) is 37.0 Å². The standard InChI is InChI=1S/C22H24N2O3/c1-16-9-7-8-14-22(16)20(25)24(21(26)23-22)15-17-10-5-6-13-19(17)27-18-11-3-2-4-12-18/h2-6,10-13,16H,7-9,14-15H2,1H3,(H,23,26)/t16-,22+/m0/s1. The number of benzene rings is 2. The zero-order valence-corrected chi connectivity index (χ0v) is 15.5. The Bertz CT molecular complexity index is 852. The van der Waals surface area contributed by atoms with Crippen LogP contribution in [-0.2, 0) is 11.3 Å². The maximum absolute atomic E-state index is 13.2. The maximum Gasteiger partial charge on any atom is 0.325 e. The number of hydrogen-bond acceptors (Lipinski definition) is 3. The Hall–Kier alpha value is -2.82. The van der Waals surface area contributed by atoms with Gasteiger partial charge in [0.2, 0.25) is 0 Å². The molecule has 5 heteroatoms. The highest BCUT2D eigenvalue weighted by molar-refractivity contribution is 6.07. The van der Waals surface area contributed by atoms with E-state index in [1.807, 2.05) is 54.6 Å². The number of carbonyl (C=O) groups is 2. The van der Waals surface area contributed by atoms with Crippen LogP contribution in [0.25, 0.3) is 0 Å². The van der Waals surface area contributed by atoms with E-state index in [2.05, 4.69) is 12.2 Å². The topological polar surface area (TPSA) is 58.6 Å². The van der Waals surface area contributed by atoms with Crippen molar-refractivity contribution in [1.29, 1.82) is 0 Å². The average molecular weight is 364 g/mol. The molecule has 1 aliphatic carbocycles. The van der Waals surface area contributed by atoms with Crippen LogP contribution in [-0.4, -0.2) is 22.4 Å². The molecule has 1 saturated carbocycles. The van der Waals surface area contributed by atoms with Crippen molar-refractivity contribution in [2.45, 2.75) is 44.7 Å². The van der Waals surface area contributed by atoms with Crippen molar-refractivity contribution in [2.24, 2.45) is 5.92 Å². The van der Waals surface area contributed by atoms with Crippen LogP contribution in [0, 0.1) is 5.92 Å². The molecule has 1 N–H and O–H groups in total. The molecule has 1 aliphatic heterocycles. The minimum atomic E-state index is -0.732. The highest BCUT2D eigenvalue weighted by Crippen LogP contribution is 2.39. The van der Waals surface area contributed by atoms with Gasteiger partial charge in [-0.25, -0.2) is 4.79 Å². The fourth-order valence-electron chi connectivity index (χ4n) is 4.16. The number of carbonyl (C=O) groups excluding carboxylic acids is 2. The Morgan fingerprint density at radius 2 is 1.81 bits per heavy atom. The van der Waals surface area contributed by atoms with Gasteiger partial charge >= 0.3 is 6.03 Å². The Morgan fingerprint density at radius 3 is 2.59 bits per heavy atom. The summed E-state index contributed by atoms with van der Waals surface area (Å²) in [4.78, 5) is 27.2. The summed E-state index contributed by atoms with van der Waals surface area (Å²) in [6.07, 6.45) is 3.77. The number of amides is 3. The molecule has 0 aromatic heterocycles. The number of hydrogen-bond donors (Lipinski definition) is 1. The van der Waals surface area contributed by atoms with E-state index in [4.69, 9.17) is 4.74 Å². The van der Waals surface area contributed by atoms with Crippen LogP contribution in [0.5, 0.6) is 11.5 Å². The van der Waals surface area contributed by atoms with Gasteiger partial charge in [-0.1, -0.05) is 56.2 Å². The predicted octanol–water partition coefficient (Wildman–Crippen LogP) is 4.48. The number of rotatable bonds is 4. The second kappa shape index (κ2) is 7.06. The molecule has 5 nitrogen and oxygen atoms in total. The van der Waals surface area contributed by atoms with Crippen molar-refractivity contribution in [3.63, 3.8) is 0 Å². The number of ether oxygens (including phenoxy) is 1. The Labute approximate surface area is 159 Å². The van der Waals surface area contributed by atoms with Gasteiger partial charge in [-0.15, -0.1) is 0 Å². The van der Waals surface area contributed by atoms with E-state index in [-0.39, 0.29) is 24.4 Å². The zero-order valence-electron chi connectivity index (χ0n) is 15.5. The molecule has 1 spiro atoms. The Kier molecular flexibility index (Phi) is 4.60. The van der Waals surface area contributed by atoms with Crippen molar-refractivity contribution >= 4 is 11.9 Å². The molecular weight excluding hydrogens is 340 g/mol. The summed E-state index contributed by atoms with van der Waals surface area (Å²) in [6, 6.07) is 16.7. The molecular formula is C22H24N2O3. The van der Waals surface area contributed by atoms with Gasteiger partial charge in [0.05, 0.1) is 6.54 Å². The first-order valence-electron chi connectivity index (χ1n) is 9.55. The second-order valence-electron chi connectivity index (χ2n) is 7.46. The third-order valence-corrected chi connectivity index (χ3v) is 5.77. The number of nitrogens with one attached hydrogen (secondary N) is 1. The zero-order chi connectivity index (χ0) is 18.9. The van der Waals surface area contributed by atoms with Gasteiger partial charge in [-0.3, -0.25) is 9.69 Å². The van der Waals surface area contributed by atoms with Crippen LogP contribution in [0.3, 0.4) is 0 Å². The molecule has 2 aromatic carbocycles. The van der Waals surface area contributed by atoms with Gasteiger partial charge in [-0.05, 0) is 37.0 Å². The van der Waals surface area contributed by atoms with Gasteiger partial charge in [0.1, 0.15) is 17.0 Å². The average Bonchev–Trinajstić information content (AvgIpc) is 2.91. The molecule has 1 heterocycles. The third kappa shape index (κ3) is 3.18. The highest BCUT2D eigenvalue weighted by Gasteiger charge is 2.54. The van der Waals surface area contributed by atoms with Gasteiger partial charge < -0.3 is 10.1 Å². The number of imide groups is 1. The van der Waals surface area contributed by atoms with Crippen LogP contribution in [0.4, 0.5) is 4.79 Å². The molecule has 2 fully saturated rings. The van der Waals surface area contributed by atoms with Gasteiger partial charge in [0.15, 0.2) is 0 Å². The summed E-state index contributed by atoms with van der Waals surface area (Å²) in [5.41, 5.74) is 0.0789. The van der Waals surface area contributed by atoms with Crippen molar-refractivity contribution in [3.05, 3.63) is 60.2 Å². The lowest BCUT2D eigenvalue weighted by Gasteiger charge is -2.36. The lowest BCUT2D eigenvalue weighted by atomic mass is 9.73. The van der Waals surface area contributed by atoms with E-state index in [1.165, 1.54) is 4.90 Å². The number of urea groups is 1. The van der Waals surface area contributed by atoms with Crippen molar-refractivity contribution in [1.82, 2.24) is 10.2 Å². The van der Waals surface area contributed by atoms with Crippen LogP contribution in [0.2, 0.25) is 0 Å². The van der Waals surface area contributed by atoms with Gasteiger partial charge in [0.25, 0.3) is 5.91 Å². The molecule has 3 amide bonds. The molecule has 0 bridgehead atoms. The minimum Gasteiger partial charge on any atom is -0.457 e. The quantitative estimate of drug-likeness (QED) is 0.814. The van der Waals surface area contributed by atoms with E-state index >= 15 is 0 Å². The largest absolute Gasteiger partial charge is 0.457 e. The molecule has 0 radical (unpaired) electrons. The lowest BCUT2D eigenvalue weighted by molar-refractivity contribution is -0.134. The van der Waals surface area contributed by atoms with Crippen LogP contribution in [0.1, 0.15) is 38.2 Å². The van der Waals surface area contributed by atoms with Crippen LogP contribution < -0.4 is 10.1 Å². The molecule has 2 atom stereocenters. The molecule has 2 aliphatic rings. The van der Waals surface area contributed by atoms with Crippen molar-refractivity contribution < 1.29 is 14.3 Å². The molecule has 4 rings (SSSR count). The number of para-hydroxylation sites is 2. The third-order valence-electron chi connectivity index (χ3n) is 5.77. The van der Waals surface area contributed by atoms with E-state index in [1.54, 1.807) is 0 Å². The summed E-state index contributed by atoms with van der Waals surface area (Å²) >= 11 is 0. The van der Waals surface area contributed by atoms with Crippen molar-refractivity contribution in [2.75, 3.05) is 0 Å². The fourth-order valence-corrected chi connectivity index (χ4v) is 4.16. The summed E-state index contributed by atoms with van der Waals surface area (Å²) in [5, 5.41) is 3.00. The molecule has 2 aromatic rings. The first-order valence-corrected chi connectivity index (χ1v) is 9.55. The Balaban J connectivity index is 1.58. The van der Waals surface area contributed by atoms with Crippen LogP contribution in [0.15, 0.2) is 54.6 Å². The van der Waals surface area contributed by atoms with Gasteiger partial charge in [-0.2, -0.15) is 0 Å². The summed E-state index contributed by atoms with van der Waals surface area (Å²) < 4.78 is 5.98. The normalized spacial score (nSPS) is 24.9. The minimum absolute atomic E-state index is 0.103. The molecule has 0 unspecified atom stereocenters. The fraction of sp³-hybridized carbons (Fsp3) is 0.364. The summed E-state index contributed by atoms with van der Waals surface area (Å²) in [6.45, 7) is 2.27. The first-order chi connectivity index (χ1) is 13.1. The van der Waals surface area contributed by atoms with Crippen LogP contribution >= 0.6 is 0 Å². The Morgan fingerprint density at radius 1 is 1.07 bits per heavy atom. The first kappa shape index (κ1) is 17.6. The second-order valence-corrected chi connectivity index (χ2v) is 7.46.